The maximum Gasteiger partial charge on any atom is 0.337 e. The van der Waals surface area contributed by atoms with Gasteiger partial charge in [-0.25, -0.2) is 14.8 Å². The van der Waals surface area contributed by atoms with Gasteiger partial charge in [-0.15, -0.1) is 0 Å². The number of imidazole rings is 1. The van der Waals surface area contributed by atoms with Crippen LogP contribution in [0.2, 0.25) is 0 Å². The molecule has 0 radical (unpaired) electrons. The van der Waals surface area contributed by atoms with Crippen LogP contribution in [0.15, 0.2) is 34.8 Å². The van der Waals surface area contributed by atoms with Crippen LogP contribution < -0.4 is 5.73 Å². The molecule has 0 spiro atoms. The van der Waals surface area contributed by atoms with Crippen molar-refractivity contribution < 1.29 is 9.90 Å². The van der Waals surface area contributed by atoms with Gasteiger partial charge in [0.1, 0.15) is 5.03 Å². The summed E-state index contributed by atoms with van der Waals surface area (Å²) >= 11 is 1.28. The SMILES string of the molecule is Cn1ccnc1Sc1cc(C(=O)O)c(N)cn1. The van der Waals surface area contributed by atoms with Gasteiger partial charge in [0.25, 0.3) is 0 Å². The van der Waals surface area contributed by atoms with Crippen LogP contribution in [0.1, 0.15) is 10.4 Å². The Morgan fingerprint density at radius 2 is 2.29 bits per heavy atom. The van der Waals surface area contributed by atoms with Crippen LogP contribution in [-0.4, -0.2) is 25.6 Å². The van der Waals surface area contributed by atoms with Gasteiger partial charge in [-0.05, 0) is 17.8 Å². The van der Waals surface area contributed by atoms with E-state index in [1.807, 2.05) is 11.6 Å². The van der Waals surface area contributed by atoms with Gasteiger partial charge in [-0.1, -0.05) is 0 Å². The minimum Gasteiger partial charge on any atom is -0.478 e. The van der Waals surface area contributed by atoms with Gasteiger partial charge in [0.15, 0.2) is 5.16 Å². The lowest BCUT2D eigenvalue weighted by molar-refractivity contribution is 0.0697. The molecule has 88 valence electrons. The molecule has 0 atom stereocenters. The highest BCUT2D eigenvalue weighted by atomic mass is 32.2. The van der Waals surface area contributed by atoms with Gasteiger partial charge in [0, 0.05) is 19.4 Å². The van der Waals surface area contributed by atoms with Crippen LogP contribution in [0.4, 0.5) is 5.69 Å². The van der Waals surface area contributed by atoms with E-state index in [0.29, 0.717) is 5.03 Å². The molecular formula is C10H10N4O2S. The van der Waals surface area contributed by atoms with E-state index in [9.17, 15) is 4.79 Å². The molecule has 0 amide bonds. The molecule has 2 aromatic heterocycles. The van der Waals surface area contributed by atoms with Crippen molar-refractivity contribution in [3.63, 3.8) is 0 Å². The number of aromatic carboxylic acids is 1. The third-order valence-electron chi connectivity index (χ3n) is 2.11. The van der Waals surface area contributed by atoms with Crippen LogP contribution in [0.5, 0.6) is 0 Å². The smallest absolute Gasteiger partial charge is 0.337 e. The van der Waals surface area contributed by atoms with Crippen LogP contribution in [0.3, 0.4) is 0 Å². The molecule has 2 rings (SSSR count). The monoisotopic (exact) mass is 250 g/mol. The summed E-state index contributed by atoms with van der Waals surface area (Å²) < 4.78 is 1.82. The van der Waals surface area contributed by atoms with E-state index in [4.69, 9.17) is 10.8 Å². The van der Waals surface area contributed by atoms with E-state index < -0.39 is 5.97 Å². The number of hydrogen-bond acceptors (Lipinski definition) is 5. The molecule has 0 fully saturated rings. The van der Waals surface area contributed by atoms with Crippen molar-refractivity contribution in [1.82, 2.24) is 14.5 Å². The van der Waals surface area contributed by atoms with Crippen molar-refractivity contribution >= 4 is 23.4 Å². The molecule has 7 heteroatoms. The van der Waals surface area contributed by atoms with Gasteiger partial charge in [-0.2, -0.15) is 0 Å². The first-order valence-corrected chi connectivity index (χ1v) is 5.53. The fraction of sp³-hybridized carbons (Fsp3) is 0.100. The molecule has 0 aromatic carbocycles. The summed E-state index contributed by atoms with van der Waals surface area (Å²) in [5, 5.41) is 10.2. The minimum absolute atomic E-state index is 0.0525. The minimum atomic E-state index is -1.06. The van der Waals surface area contributed by atoms with Crippen LogP contribution in [0.25, 0.3) is 0 Å². The van der Waals surface area contributed by atoms with Crippen molar-refractivity contribution in [2.45, 2.75) is 10.2 Å². The first-order valence-electron chi connectivity index (χ1n) is 4.72. The number of hydrogen-bond donors (Lipinski definition) is 2. The van der Waals surface area contributed by atoms with Gasteiger partial charge in [0.2, 0.25) is 0 Å². The molecule has 6 nitrogen and oxygen atoms in total. The lowest BCUT2D eigenvalue weighted by Gasteiger charge is -2.04. The van der Waals surface area contributed by atoms with E-state index in [2.05, 4.69) is 9.97 Å². The Morgan fingerprint density at radius 1 is 1.53 bits per heavy atom. The first kappa shape index (κ1) is 11.5. The largest absolute Gasteiger partial charge is 0.478 e. The second kappa shape index (κ2) is 4.46. The summed E-state index contributed by atoms with van der Waals surface area (Å²) in [5.41, 5.74) is 5.73. The standard InChI is InChI=1S/C10H10N4O2S/c1-14-3-2-12-10(14)17-8-4-6(9(15)16)7(11)5-13-8/h2-5H,11H2,1H3,(H,15,16). The summed E-state index contributed by atoms with van der Waals surface area (Å²) in [7, 11) is 1.85. The Morgan fingerprint density at radius 3 is 2.88 bits per heavy atom. The molecule has 3 N–H and O–H groups in total. The lowest BCUT2D eigenvalue weighted by atomic mass is 10.2. The van der Waals surface area contributed by atoms with E-state index >= 15 is 0 Å². The maximum atomic E-state index is 10.9. The Labute approximate surface area is 101 Å². The molecule has 0 saturated heterocycles. The predicted octanol–water partition coefficient (Wildman–Crippen LogP) is 1.25. The zero-order valence-corrected chi connectivity index (χ0v) is 9.81. The number of pyridine rings is 1. The number of carboxylic acids is 1. The number of aromatic nitrogens is 3. The van der Waals surface area contributed by atoms with E-state index in [1.54, 1.807) is 12.4 Å². The fourth-order valence-electron chi connectivity index (χ4n) is 1.23. The second-order valence-electron chi connectivity index (χ2n) is 3.34. The Kier molecular flexibility index (Phi) is 3.01. The van der Waals surface area contributed by atoms with Gasteiger partial charge >= 0.3 is 5.97 Å². The molecule has 17 heavy (non-hydrogen) atoms. The van der Waals surface area contributed by atoms with Crippen LogP contribution >= 0.6 is 11.8 Å². The topological polar surface area (TPSA) is 94.0 Å². The summed E-state index contributed by atoms with van der Waals surface area (Å²) in [6.07, 6.45) is 4.81. The van der Waals surface area contributed by atoms with E-state index in [0.717, 1.165) is 5.16 Å². The highest BCUT2D eigenvalue weighted by Crippen LogP contribution is 2.26. The zero-order chi connectivity index (χ0) is 12.4. The average Bonchev–Trinajstić information content (AvgIpc) is 2.67. The average molecular weight is 250 g/mol. The quantitative estimate of drug-likeness (QED) is 0.851. The molecule has 0 aliphatic rings. The van der Waals surface area contributed by atoms with E-state index in [-0.39, 0.29) is 11.3 Å². The van der Waals surface area contributed by atoms with Crippen LogP contribution in [-0.2, 0) is 7.05 Å². The molecular weight excluding hydrogens is 240 g/mol. The summed E-state index contributed by atoms with van der Waals surface area (Å²) in [4.78, 5) is 19.1. The summed E-state index contributed by atoms with van der Waals surface area (Å²) in [6, 6.07) is 1.44. The lowest BCUT2D eigenvalue weighted by Crippen LogP contribution is -2.03. The van der Waals surface area contributed by atoms with Gasteiger partial charge in [-0.3, -0.25) is 0 Å². The number of carboxylic acid groups (broad SMARTS) is 1. The van der Waals surface area contributed by atoms with Crippen molar-refractivity contribution in [3.05, 3.63) is 30.2 Å². The molecule has 0 unspecified atom stereocenters. The van der Waals surface area contributed by atoms with Crippen LogP contribution in [0, 0.1) is 0 Å². The van der Waals surface area contributed by atoms with Gasteiger partial charge in [0.05, 0.1) is 17.4 Å². The van der Waals surface area contributed by atoms with Crippen molar-refractivity contribution in [2.24, 2.45) is 7.05 Å². The Hall–Kier alpha value is -2.02. The highest BCUT2D eigenvalue weighted by molar-refractivity contribution is 7.99. The molecule has 0 saturated carbocycles. The normalized spacial score (nSPS) is 10.4. The zero-order valence-electron chi connectivity index (χ0n) is 8.99. The molecule has 2 aromatic rings. The molecule has 0 bridgehead atoms. The van der Waals surface area contributed by atoms with E-state index in [1.165, 1.54) is 24.0 Å². The number of rotatable bonds is 3. The van der Waals surface area contributed by atoms with Gasteiger partial charge < -0.3 is 15.4 Å². The summed E-state index contributed by atoms with van der Waals surface area (Å²) in [6.45, 7) is 0. The van der Waals surface area contributed by atoms with Crippen molar-refractivity contribution in [3.8, 4) is 0 Å². The van der Waals surface area contributed by atoms with Crippen molar-refractivity contribution in [1.29, 1.82) is 0 Å². The predicted molar refractivity (Wildman–Crippen MR) is 62.9 cm³/mol. The number of carbonyl (C=O) groups is 1. The number of anilines is 1. The number of aryl methyl sites for hydroxylation is 1. The van der Waals surface area contributed by atoms with Crippen molar-refractivity contribution in [2.75, 3.05) is 5.73 Å². The Balaban J connectivity index is 2.32. The third-order valence-corrected chi connectivity index (χ3v) is 3.12. The Bertz CT molecular complexity index is 567. The first-order chi connectivity index (χ1) is 8.08. The molecule has 2 heterocycles. The molecule has 0 aliphatic carbocycles. The summed E-state index contributed by atoms with van der Waals surface area (Å²) in [5.74, 6) is -1.06. The number of nitrogens with two attached hydrogens (primary N) is 1. The number of nitrogens with zero attached hydrogens (tertiary/aromatic N) is 3. The fourth-order valence-corrected chi connectivity index (χ4v) is 2.02. The number of nitrogen functional groups attached to an aromatic ring is 1. The molecule has 0 aliphatic heterocycles. The second-order valence-corrected chi connectivity index (χ2v) is 4.33. The maximum absolute atomic E-state index is 10.9. The highest BCUT2D eigenvalue weighted by Gasteiger charge is 2.11. The third kappa shape index (κ3) is 2.39.